The largest absolute Gasteiger partial charge is 0.465 e. The molecule has 0 bridgehead atoms. The molecule has 1 heterocycles. The number of carbonyl (C=O) groups is 1. The van der Waals surface area contributed by atoms with Gasteiger partial charge in [0, 0.05) is 11.1 Å². The van der Waals surface area contributed by atoms with Crippen LogP contribution >= 0.6 is 11.6 Å². The van der Waals surface area contributed by atoms with Gasteiger partial charge in [0.2, 0.25) is 5.82 Å². The molecule has 134 valence electrons. The van der Waals surface area contributed by atoms with Crippen molar-refractivity contribution in [1.29, 1.82) is 0 Å². The van der Waals surface area contributed by atoms with E-state index in [-0.39, 0.29) is 22.3 Å². The molecule has 0 amide bonds. The summed E-state index contributed by atoms with van der Waals surface area (Å²) in [6.07, 6.45) is -4.52. The lowest BCUT2D eigenvalue weighted by atomic mass is 10.1. The zero-order valence-corrected chi connectivity index (χ0v) is 13.9. The molecule has 0 N–H and O–H groups in total. The zero-order valence-electron chi connectivity index (χ0n) is 13.2. The molecule has 2 aromatic carbocycles. The Bertz CT molecular complexity index is 953. The van der Waals surface area contributed by atoms with Crippen LogP contribution in [0.15, 0.2) is 47.0 Å². The first-order valence-electron chi connectivity index (χ1n) is 7.19. The zero-order chi connectivity index (χ0) is 18.9. The molecule has 0 saturated carbocycles. The molecule has 9 heteroatoms. The third-order valence-corrected chi connectivity index (χ3v) is 3.84. The summed E-state index contributed by atoms with van der Waals surface area (Å²) in [5.41, 5.74) is -0.0511. The Balaban J connectivity index is 1.94. The predicted molar refractivity (Wildman–Crippen MR) is 86.5 cm³/mol. The van der Waals surface area contributed by atoms with E-state index in [4.69, 9.17) is 16.1 Å². The highest BCUT2D eigenvalue weighted by atomic mass is 35.5. The van der Waals surface area contributed by atoms with Crippen LogP contribution in [0, 0.1) is 0 Å². The second kappa shape index (κ2) is 6.80. The maximum atomic E-state index is 12.9. The average Bonchev–Trinajstić information content (AvgIpc) is 3.10. The molecule has 0 radical (unpaired) electrons. The lowest BCUT2D eigenvalue weighted by Crippen LogP contribution is -2.04. The number of hydrogen-bond acceptors (Lipinski definition) is 5. The number of hydrogen-bond donors (Lipinski definition) is 0. The highest BCUT2D eigenvalue weighted by Crippen LogP contribution is 2.35. The molecule has 0 unspecified atom stereocenters. The van der Waals surface area contributed by atoms with Gasteiger partial charge >= 0.3 is 12.1 Å². The number of aromatic nitrogens is 2. The fourth-order valence-electron chi connectivity index (χ4n) is 2.19. The van der Waals surface area contributed by atoms with Crippen molar-refractivity contribution in [3.05, 3.63) is 58.6 Å². The molecule has 0 atom stereocenters. The SMILES string of the molecule is COC(=O)c1ccc(-c2nc(-c3cc(C(F)(F)F)ccc3Cl)no2)cc1. The van der Waals surface area contributed by atoms with Gasteiger partial charge in [0.25, 0.3) is 5.89 Å². The van der Waals surface area contributed by atoms with E-state index >= 15 is 0 Å². The van der Waals surface area contributed by atoms with Crippen molar-refractivity contribution >= 4 is 17.6 Å². The number of nitrogens with zero attached hydrogens (tertiary/aromatic N) is 2. The first kappa shape index (κ1) is 17.9. The molecule has 1 aromatic heterocycles. The Kier molecular flexibility index (Phi) is 4.69. The van der Waals surface area contributed by atoms with Crippen molar-refractivity contribution < 1.29 is 27.2 Å². The molecule has 0 aliphatic heterocycles. The van der Waals surface area contributed by atoms with E-state index in [1.54, 1.807) is 12.1 Å². The van der Waals surface area contributed by atoms with Gasteiger partial charge in [-0.2, -0.15) is 18.2 Å². The number of ether oxygens (including phenoxy) is 1. The smallest absolute Gasteiger partial charge is 0.416 e. The summed E-state index contributed by atoms with van der Waals surface area (Å²) in [5.74, 6) is -0.503. The van der Waals surface area contributed by atoms with Gasteiger partial charge in [0.15, 0.2) is 0 Å². The Morgan fingerprint density at radius 3 is 2.46 bits per heavy atom. The molecule has 3 rings (SSSR count). The van der Waals surface area contributed by atoms with Gasteiger partial charge in [-0.3, -0.25) is 0 Å². The summed E-state index contributed by atoms with van der Waals surface area (Å²) < 4.78 is 48.3. The quantitative estimate of drug-likeness (QED) is 0.605. The molecule has 0 saturated heterocycles. The van der Waals surface area contributed by atoms with E-state index in [2.05, 4.69) is 14.9 Å². The van der Waals surface area contributed by atoms with Crippen LogP contribution in [-0.2, 0) is 10.9 Å². The number of rotatable bonds is 3. The number of halogens is 4. The molecule has 0 aliphatic carbocycles. The summed E-state index contributed by atoms with van der Waals surface area (Å²) >= 11 is 5.97. The van der Waals surface area contributed by atoms with Crippen LogP contribution in [0.25, 0.3) is 22.8 Å². The lowest BCUT2D eigenvalue weighted by molar-refractivity contribution is -0.137. The Morgan fingerprint density at radius 1 is 1.15 bits per heavy atom. The van der Waals surface area contributed by atoms with Gasteiger partial charge in [-0.25, -0.2) is 4.79 Å². The molecular weight excluding hydrogens is 373 g/mol. The lowest BCUT2D eigenvalue weighted by Gasteiger charge is -2.08. The summed E-state index contributed by atoms with van der Waals surface area (Å²) in [6.45, 7) is 0. The van der Waals surface area contributed by atoms with Crippen LogP contribution in [0.5, 0.6) is 0 Å². The topological polar surface area (TPSA) is 65.2 Å². The average molecular weight is 383 g/mol. The van der Waals surface area contributed by atoms with Gasteiger partial charge in [-0.05, 0) is 42.5 Å². The summed E-state index contributed by atoms with van der Waals surface area (Å²) in [5, 5.41) is 3.75. The molecule has 0 fully saturated rings. The van der Waals surface area contributed by atoms with E-state index in [0.29, 0.717) is 11.1 Å². The van der Waals surface area contributed by atoms with Crippen molar-refractivity contribution in [3.8, 4) is 22.8 Å². The van der Waals surface area contributed by atoms with E-state index in [1.807, 2.05) is 0 Å². The maximum Gasteiger partial charge on any atom is 0.416 e. The molecule has 0 spiro atoms. The first-order chi connectivity index (χ1) is 12.3. The van der Waals surface area contributed by atoms with Crippen molar-refractivity contribution in [2.75, 3.05) is 7.11 Å². The number of esters is 1. The van der Waals surface area contributed by atoms with Crippen LogP contribution in [-0.4, -0.2) is 23.2 Å². The molecular formula is C17H10ClF3N2O3. The summed E-state index contributed by atoms with van der Waals surface area (Å²) in [4.78, 5) is 15.5. The molecule has 3 aromatic rings. The van der Waals surface area contributed by atoms with Gasteiger partial charge in [0.05, 0.1) is 23.3 Å². The van der Waals surface area contributed by atoms with Crippen molar-refractivity contribution in [3.63, 3.8) is 0 Å². The monoisotopic (exact) mass is 382 g/mol. The Hall–Kier alpha value is -2.87. The van der Waals surface area contributed by atoms with Gasteiger partial charge in [-0.1, -0.05) is 16.8 Å². The second-order valence-corrected chi connectivity index (χ2v) is 5.59. The highest BCUT2D eigenvalue weighted by Gasteiger charge is 2.31. The fraction of sp³-hybridized carbons (Fsp3) is 0.118. The Morgan fingerprint density at radius 2 is 1.85 bits per heavy atom. The predicted octanol–water partition coefficient (Wildman–Crippen LogP) is 4.86. The highest BCUT2D eigenvalue weighted by molar-refractivity contribution is 6.33. The fourth-order valence-corrected chi connectivity index (χ4v) is 2.39. The van der Waals surface area contributed by atoms with E-state index in [1.165, 1.54) is 19.2 Å². The minimum Gasteiger partial charge on any atom is -0.465 e. The van der Waals surface area contributed by atoms with Crippen molar-refractivity contribution in [2.45, 2.75) is 6.18 Å². The van der Waals surface area contributed by atoms with Crippen molar-refractivity contribution in [1.82, 2.24) is 10.1 Å². The van der Waals surface area contributed by atoms with Gasteiger partial charge < -0.3 is 9.26 Å². The second-order valence-electron chi connectivity index (χ2n) is 5.18. The van der Waals surface area contributed by atoms with Crippen LogP contribution in [0.4, 0.5) is 13.2 Å². The van der Waals surface area contributed by atoms with E-state index in [0.717, 1.165) is 18.2 Å². The number of alkyl halides is 3. The molecule has 26 heavy (non-hydrogen) atoms. The van der Waals surface area contributed by atoms with Crippen LogP contribution in [0.1, 0.15) is 15.9 Å². The number of carbonyl (C=O) groups excluding carboxylic acids is 1. The number of benzene rings is 2. The molecule has 0 aliphatic rings. The minimum absolute atomic E-state index is 0.00247. The van der Waals surface area contributed by atoms with Crippen LogP contribution in [0.2, 0.25) is 5.02 Å². The van der Waals surface area contributed by atoms with Gasteiger partial charge in [0.1, 0.15) is 0 Å². The van der Waals surface area contributed by atoms with E-state index < -0.39 is 17.7 Å². The summed E-state index contributed by atoms with van der Waals surface area (Å²) in [7, 11) is 1.26. The minimum atomic E-state index is -4.52. The number of methoxy groups -OCH3 is 1. The van der Waals surface area contributed by atoms with E-state index in [9.17, 15) is 18.0 Å². The maximum absolute atomic E-state index is 12.9. The van der Waals surface area contributed by atoms with Gasteiger partial charge in [-0.15, -0.1) is 0 Å². The van der Waals surface area contributed by atoms with Crippen LogP contribution < -0.4 is 0 Å². The first-order valence-corrected chi connectivity index (χ1v) is 7.57. The molecule has 5 nitrogen and oxygen atoms in total. The third-order valence-electron chi connectivity index (χ3n) is 3.51. The third kappa shape index (κ3) is 3.55. The summed E-state index contributed by atoms with van der Waals surface area (Å²) in [6, 6.07) is 8.97. The van der Waals surface area contributed by atoms with Crippen molar-refractivity contribution in [2.24, 2.45) is 0 Å². The van der Waals surface area contributed by atoms with Crippen LogP contribution in [0.3, 0.4) is 0 Å². The normalized spacial score (nSPS) is 11.4. The Labute approximate surface area is 150 Å². The standard InChI is InChI=1S/C17H10ClF3N2O3/c1-25-16(24)10-4-2-9(3-5-10)15-22-14(23-26-15)12-8-11(17(19,20)21)6-7-13(12)18/h2-8H,1H3.